The van der Waals surface area contributed by atoms with Crippen LogP contribution in [-0.4, -0.2) is 64.7 Å². The molecular formula is C7H16N2O3. The van der Waals surface area contributed by atoms with Crippen LogP contribution < -0.4 is 5.73 Å². The number of aliphatic hydroxyl groups excluding tert-OH is 3. The molecule has 0 radical (unpaired) electrons. The van der Waals surface area contributed by atoms with E-state index in [9.17, 15) is 10.2 Å². The van der Waals surface area contributed by atoms with E-state index in [-0.39, 0.29) is 12.6 Å². The molecule has 0 aliphatic carbocycles. The molecule has 0 aromatic rings. The number of nitrogens with zero attached hydrogens (tertiary/aromatic N) is 1. The lowest BCUT2D eigenvalue weighted by atomic mass is 10.1. The molecule has 1 heterocycles. The third-order valence-corrected chi connectivity index (χ3v) is 2.28. The van der Waals surface area contributed by atoms with Gasteiger partial charge in [-0.05, 0) is 0 Å². The van der Waals surface area contributed by atoms with Crippen molar-refractivity contribution in [2.75, 3.05) is 26.2 Å². The van der Waals surface area contributed by atoms with E-state index in [0.717, 1.165) is 0 Å². The largest absolute Gasteiger partial charge is 0.395 e. The second kappa shape index (κ2) is 4.15. The molecule has 0 spiro atoms. The first-order valence-corrected chi connectivity index (χ1v) is 4.11. The molecule has 5 nitrogen and oxygen atoms in total. The van der Waals surface area contributed by atoms with E-state index in [1.54, 1.807) is 4.90 Å². The Hall–Kier alpha value is -0.200. The average Bonchev–Trinajstić information content (AvgIpc) is 2.29. The van der Waals surface area contributed by atoms with Crippen LogP contribution in [-0.2, 0) is 0 Å². The minimum absolute atomic E-state index is 0.141. The molecule has 0 saturated carbocycles. The van der Waals surface area contributed by atoms with Crippen molar-refractivity contribution in [3.63, 3.8) is 0 Å². The van der Waals surface area contributed by atoms with Gasteiger partial charge in [0.25, 0.3) is 0 Å². The molecule has 1 fully saturated rings. The molecule has 1 rings (SSSR count). The summed E-state index contributed by atoms with van der Waals surface area (Å²) in [7, 11) is 0. The Bertz CT molecular complexity index is 145. The van der Waals surface area contributed by atoms with Crippen molar-refractivity contribution in [2.45, 2.75) is 18.2 Å². The van der Waals surface area contributed by atoms with Crippen molar-refractivity contribution in [1.82, 2.24) is 4.90 Å². The van der Waals surface area contributed by atoms with E-state index < -0.39 is 12.2 Å². The first-order valence-electron chi connectivity index (χ1n) is 4.11. The van der Waals surface area contributed by atoms with Crippen LogP contribution in [0.2, 0.25) is 0 Å². The van der Waals surface area contributed by atoms with Gasteiger partial charge in [0.15, 0.2) is 0 Å². The molecule has 1 saturated heterocycles. The number of hydrogen-bond donors (Lipinski definition) is 4. The summed E-state index contributed by atoms with van der Waals surface area (Å²) in [4.78, 5) is 1.80. The lowest BCUT2D eigenvalue weighted by Gasteiger charge is -2.22. The van der Waals surface area contributed by atoms with Crippen molar-refractivity contribution in [3.05, 3.63) is 0 Å². The minimum Gasteiger partial charge on any atom is -0.395 e. The highest BCUT2D eigenvalue weighted by atomic mass is 16.3. The van der Waals surface area contributed by atoms with E-state index in [4.69, 9.17) is 10.8 Å². The molecule has 1 aliphatic rings. The SMILES string of the molecule is NCCN1CC(O)C(O)C1CO. The van der Waals surface area contributed by atoms with Crippen LogP contribution in [0.15, 0.2) is 0 Å². The van der Waals surface area contributed by atoms with E-state index >= 15 is 0 Å². The number of rotatable bonds is 3. The fourth-order valence-corrected chi connectivity index (χ4v) is 1.60. The smallest absolute Gasteiger partial charge is 0.0988 e. The molecule has 3 unspecified atom stereocenters. The van der Waals surface area contributed by atoms with Crippen molar-refractivity contribution < 1.29 is 15.3 Å². The van der Waals surface area contributed by atoms with Crippen molar-refractivity contribution >= 4 is 0 Å². The average molecular weight is 176 g/mol. The molecule has 0 aromatic carbocycles. The minimum atomic E-state index is -0.846. The normalized spacial score (nSPS) is 37.5. The molecule has 1 aliphatic heterocycles. The van der Waals surface area contributed by atoms with Gasteiger partial charge in [0.2, 0.25) is 0 Å². The highest BCUT2D eigenvalue weighted by Crippen LogP contribution is 2.17. The van der Waals surface area contributed by atoms with Crippen LogP contribution in [0.25, 0.3) is 0 Å². The van der Waals surface area contributed by atoms with Crippen LogP contribution in [0.5, 0.6) is 0 Å². The van der Waals surface area contributed by atoms with Gasteiger partial charge >= 0.3 is 0 Å². The van der Waals surface area contributed by atoms with Gasteiger partial charge in [-0.25, -0.2) is 0 Å². The Morgan fingerprint density at radius 1 is 1.42 bits per heavy atom. The number of hydrogen-bond acceptors (Lipinski definition) is 5. The van der Waals surface area contributed by atoms with Gasteiger partial charge in [-0.15, -0.1) is 0 Å². The van der Waals surface area contributed by atoms with Gasteiger partial charge < -0.3 is 21.1 Å². The Kier molecular flexibility index (Phi) is 3.42. The molecular weight excluding hydrogens is 160 g/mol. The first-order chi connectivity index (χ1) is 5.70. The maximum absolute atomic E-state index is 9.36. The summed E-state index contributed by atoms with van der Waals surface area (Å²) >= 11 is 0. The number of aliphatic hydroxyl groups is 3. The summed E-state index contributed by atoms with van der Waals surface area (Å²) in [6.45, 7) is 1.32. The van der Waals surface area contributed by atoms with E-state index in [2.05, 4.69) is 0 Å². The van der Waals surface area contributed by atoms with Crippen LogP contribution in [0.1, 0.15) is 0 Å². The molecule has 5 heteroatoms. The van der Waals surface area contributed by atoms with Gasteiger partial charge in [-0.2, -0.15) is 0 Å². The third kappa shape index (κ3) is 1.75. The van der Waals surface area contributed by atoms with Crippen molar-refractivity contribution in [3.8, 4) is 0 Å². The second-order valence-electron chi connectivity index (χ2n) is 3.09. The highest BCUT2D eigenvalue weighted by Gasteiger charge is 2.38. The van der Waals surface area contributed by atoms with E-state index in [1.165, 1.54) is 0 Å². The predicted octanol–water partition coefficient (Wildman–Crippen LogP) is -2.66. The van der Waals surface area contributed by atoms with Crippen molar-refractivity contribution in [1.29, 1.82) is 0 Å². The second-order valence-corrected chi connectivity index (χ2v) is 3.09. The number of β-amino-alcohol motifs (C(OH)–C–C–N with tert-alkyl or cyclic N) is 1. The maximum Gasteiger partial charge on any atom is 0.0988 e. The highest BCUT2D eigenvalue weighted by molar-refractivity contribution is 4.92. The van der Waals surface area contributed by atoms with Gasteiger partial charge in [0.1, 0.15) is 0 Å². The lowest BCUT2D eigenvalue weighted by molar-refractivity contribution is 0.0220. The molecule has 0 aromatic heterocycles. The molecule has 0 bridgehead atoms. The fraction of sp³-hybridized carbons (Fsp3) is 1.00. The number of likely N-dealkylation sites (tertiary alicyclic amines) is 1. The Morgan fingerprint density at radius 3 is 2.58 bits per heavy atom. The summed E-state index contributed by atoms with van der Waals surface area (Å²) in [5, 5.41) is 27.5. The Morgan fingerprint density at radius 2 is 2.08 bits per heavy atom. The van der Waals surface area contributed by atoms with E-state index in [1.807, 2.05) is 0 Å². The van der Waals surface area contributed by atoms with Crippen molar-refractivity contribution in [2.24, 2.45) is 5.73 Å². The monoisotopic (exact) mass is 176 g/mol. The zero-order chi connectivity index (χ0) is 9.14. The Labute approximate surface area is 71.4 Å². The quantitative estimate of drug-likeness (QED) is 0.377. The standard InChI is InChI=1S/C7H16N2O3/c8-1-2-9-3-6(11)7(12)5(9)4-10/h5-7,10-12H,1-4,8H2. The van der Waals surface area contributed by atoms with E-state index in [0.29, 0.717) is 19.6 Å². The first kappa shape index (κ1) is 9.88. The topological polar surface area (TPSA) is 90.0 Å². The molecule has 0 amide bonds. The molecule has 12 heavy (non-hydrogen) atoms. The summed E-state index contributed by atoms with van der Waals surface area (Å²) in [6.07, 6.45) is -1.60. The zero-order valence-corrected chi connectivity index (χ0v) is 6.93. The van der Waals surface area contributed by atoms with Gasteiger partial charge in [-0.3, -0.25) is 4.90 Å². The Balaban J connectivity index is 2.52. The molecule has 5 N–H and O–H groups in total. The lowest BCUT2D eigenvalue weighted by Crippen LogP contribution is -2.41. The van der Waals surface area contributed by atoms with Gasteiger partial charge in [-0.1, -0.05) is 0 Å². The fourth-order valence-electron chi connectivity index (χ4n) is 1.60. The zero-order valence-electron chi connectivity index (χ0n) is 6.93. The summed E-state index contributed by atoms with van der Waals surface area (Å²) in [5.41, 5.74) is 5.33. The van der Waals surface area contributed by atoms with Crippen LogP contribution in [0, 0.1) is 0 Å². The van der Waals surface area contributed by atoms with Crippen LogP contribution in [0.4, 0.5) is 0 Å². The third-order valence-electron chi connectivity index (χ3n) is 2.28. The number of nitrogens with two attached hydrogens (primary N) is 1. The maximum atomic E-state index is 9.36. The molecule has 3 atom stereocenters. The summed E-state index contributed by atoms with van der Waals surface area (Å²) in [5.74, 6) is 0. The van der Waals surface area contributed by atoms with Gasteiger partial charge in [0.05, 0.1) is 24.9 Å². The van der Waals surface area contributed by atoms with Crippen LogP contribution >= 0.6 is 0 Å². The summed E-state index contributed by atoms with van der Waals surface area (Å²) in [6, 6.07) is -0.358. The van der Waals surface area contributed by atoms with Crippen LogP contribution in [0.3, 0.4) is 0 Å². The predicted molar refractivity (Wildman–Crippen MR) is 43.5 cm³/mol. The molecule has 72 valence electrons. The van der Waals surface area contributed by atoms with Gasteiger partial charge in [0, 0.05) is 19.6 Å². The summed E-state index contributed by atoms with van der Waals surface area (Å²) < 4.78 is 0.